The molecule has 0 aliphatic heterocycles. The molecule has 1 N–H and O–H groups in total. The summed E-state index contributed by atoms with van der Waals surface area (Å²) in [5.41, 5.74) is 2.25. The Morgan fingerprint density at radius 1 is 1.24 bits per heavy atom. The van der Waals surface area contributed by atoms with Crippen LogP contribution in [0.1, 0.15) is 54.7 Å². The van der Waals surface area contributed by atoms with Crippen molar-refractivity contribution in [3.63, 3.8) is 0 Å². The van der Waals surface area contributed by atoms with E-state index >= 15 is 4.39 Å². The van der Waals surface area contributed by atoms with Gasteiger partial charge in [-0.25, -0.2) is 4.39 Å². The van der Waals surface area contributed by atoms with Crippen LogP contribution in [0, 0.1) is 12.7 Å². The number of hydrogen-bond acceptors (Lipinski definition) is 3. The predicted octanol–water partition coefficient (Wildman–Crippen LogP) is 6.17. The van der Waals surface area contributed by atoms with E-state index in [1.807, 2.05) is 30.3 Å². The summed E-state index contributed by atoms with van der Waals surface area (Å²) < 4.78 is 21.8. The Hall–Kier alpha value is -1.98. The number of rotatable bonds is 8. The van der Waals surface area contributed by atoms with Crippen molar-refractivity contribution in [3.05, 3.63) is 75.0 Å². The summed E-state index contributed by atoms with van der Waals surface area (Å²) in [6, 6.07) is 9.66. The molecule has 2 aromatic rings. The van der Waals surface area contributed by atoms with E-state index in [1.165, 1.54) is 0 Å². The van der Waals surface area contributed by atoms with Crippen molar-refractivity contribution in [1.29, 1.82) is 0 Å². The van der Waals surface area contributed by atoms with E-state index in [0.717, 1.165) is 5.56 Å². The van der Waals surface area contributed by atoms with Crippen LogP contribution >= 0.6 is 15.9 Å². The Labute approximate surface area is 181 Å². The third-order valence-electron chi connectivity index (χ3n) is 4.53. The van der Waals surface area contributed by atoms with Crippen molar-refractivity contribution < 1.29 is 13.9 Å². The average Bonchev–Trinajstić information content (AvgIpc) is 2.65. The number of carbonyl (C=O) groups is 1. The zero-order valence-corrected chi connectivity index (χ0v) is 19.4. The number of halogens is 2. The van der Waals surface area contributed by atoms with Gasteiger partial charge in [-0.05, 0) is 80.2 Å². The minimum atomic E-state index is -0.385. The summed E-state index contributed by atoms with van der Waals surface area (Å²) in [4.78, 5) is 12.8. The number of benzene rings is 2. The van der Waals surface area contributed by atoms with E-state index in [9.17, 15) is 4.79 Å². The fourth-order valence-corrected chi connectivity index (χ4v) is 3.67. The Kier molecular flexibility index (Phi) is 7.78. The summed E-state index contributed by atoms with van der Waals surface area (Å²) in [7, 11) is 0. The Morgan fingerprint density at radius 3 is 2.41 bits per heavy atom. The largest absolute Gasteiger partial charge is 0.487 e. The number of carbonyl (C=O) groups excluding carboxylic acids is 1. The lowest BCUT2D eigenvalue weighted by atomic mass is 9.95. The zero-order valence-electron chi connectivity index (χ0n) is 17.8. The first kappa shape index (κ1) is 23.3. The highest BCUT2D eigenvalue weighted by atomic mass is 79.9. The third-order valence-corrected chi connectivity index (χ3v) is 5.37. The number of hydrogen-bond donors (Lipinski definition) is 1. The normalized spacial score (nSPS) is 11.4. The molecule has 0 atom stereocenters. The van der Waals surface area contributed by atoms with Gasteiger partial charge in [0.2, 0.25) is 0 Å². The lowest BCUT2D eigenvalue weighted by molar-refractivity contribution is 0.102. The first-order chi connectivity index (χ1) is 13.5. The number of Topliss-reactive ketones (excluding diaryl/α,β-unsaturated/α-hetero) is 1. The Balaban J connectivity index is 2.47. The molecule has 0 aromatic heterocycles. The molecule has 0 amide bonds. The summed E-state index contributed by atoms with van der Waals surface area (Å²) >= 11 is 3.51. The van der Waals surface area contributed by atoms with Gasteiger partial charge in [0, 0.05) is 11.1 Å². The van der Waals surface area contributed by atoms with Gasteiger partial charge >= 0.3 is 0 Å². The Bertz CT molecular complexity index is 902. The molecule has 0 radical (unpaired) electrons. The summed E-state index contributed by atoms with van der Waals surface area (Å²) in [6.45, 7) is 14.0. The van der Waals surface area contributed by atoms with Gasteiger partial charge in [0.25, 0.3) is 0 Å². The second kappa shape index (κ2) is 9.68. The monoisotopic (exact) mass is 461 g/mol. The lowest BCUT2D eigenvalue weighted by Crippen LogP contribution is -2.37. The quantitative estimate of drug-likeness (QED) is 0.377. The molecule has 0 aliphatic rings. The molecule has 29 heavy (non-hydrogen) atoms. The minimum absolute atomic E-state index is 0.0690. The second-order valence-electron chi connectivity index (χ2n) is 8.25. The molecular formula is C24H29BrFNO2. The molecule has 0 saturated carbocycles. The van der Waals surface area contributed by atoms with E-state index in [2.05, 4.69) is 48.6 Å². The fraction of sp³-hybridized carbons (Fsp3) is 0.375. The van der Waals surface area contributed by atoms with Crippen LogP contribution in [0.2, 0.25) is 0 Å². The van der Waals surface area contributed by atoms with E-state index in [-0.39, 0.29) is 34.9 Å². The van der Waals surface area contributed by atoms with E-state index in [4.69, 9.17) is 4.74 Å². The summed E-state index contributed by atoms with van der Waals surface area (Å²) in [5.74, 6) is -0.333. The molecule has 0 heterocycles. The van der Waals surface area contributed by atoms with E-state index in [0.29, 0.717) is 34.3 Å². The molecule has 2 aromatic carbocycles. The number of nitrogens with one attached hydrogen (secondary N) is 1. The molecule has 0 aliphatic carbocycles. The van der Waals surface area contributed by atoms with Gasteiger partial charge in [-0.3, -0.25) is 4.79 Å². The van der Waals surface area contributed by atoms with Gasteiger partial charge in [-0.1, -0.05) is 36.9 Å². The van der Waals surface area contributed by atoms with Gasteiger partial charge in [-0.15, -0.1) is 0 Å². The van der Waals surface area contributed by atoms with Gasteiger partial charge in [0.1, 0.15) is 18.2 Å². The molecule has 2 rings (SSSR count). The van der Waals surface area contributed by atoms with Crippen LogP contribution in [0.3, 0.4) is 0 Å². The first-order valence-corrected chi connectivity index (χ1v) is 10.4. The summed E-state index contributed by atoms with van der Waals surface area (Å²) in [5, 5.41) is 3.37. The molecule has 0 fully saturated rings. The molecular weight excluding hydrogens is 433 g/mol. The number of ether oxygens (including phenoxy) is 1. The molecule has 3 nitrogen and oxygen atoms in total. The minimum Gasteiger partial charge on any atom is -0.487 e. The van der Waals surface area contributed by atoms with Crippen LogP contribution in [0.5, 0.6) is 5.75 Å². The van der Waals surface area contributed by atoms with Gasteiger partial charge < -0.3 is 10.1 Å². The van der Waals surface area contributed by atoms with Crippen molar-refractivity contribution in [2.24, 2.45) is 0 Å². The molecule has 0 bridgehead atoms. The van der Waals surface area contributed by atoms with Crippen LogP contribution < -0.4 is 10.1 Å². The van der Waals surface area contributed by atoms with Gasteiger partial charge in [0.05, 0.1) is 10.0 Å². The van der Waals surface area contributed by atoms with Gasteiger partial charge in [0.15, 0.2) is 5.78 Å². The van der Waals surface area contributed by atoms with Gasteiger partial charge in [-0.2, -0.15) is 0 Å². The molecule has 0 saturated heterocycles. The van der Waals surface area contributed by atoms with E-state index < -0.39 is 0 Å². The Morgan fingerprint density at radius 2 is 1.86 bits per heavy atom. The van der Waals surface area contributed by atoms with Crippen LogP contribution in [-0.4, -0.2) is 17.9 Å². The van der Waals surface area contributed by atoms with Crippen LogP contribution in [-0.2, 0) is 13.0 Å². The number of allylic oxidation sites excluding steroid dienone is 1. The number of ketones is 1. The maximum atomic E-state index is 15.2. The SMILES string of the molecule is C=C(C)C(=O)c1c(C)c(F)c(CCNC(C)(C)C)c(Br)c1OCc1ccccc1. The predicted molar refractivity (Wildman–Crippen MR) is 120 cm³/mol. The smallest absolute Gasteiger partial charge is 0.192 e. The highest BCUT2D eigenvalue weighted by Gasteiger charge is 2.26. The standard InChI is InChI=1S/C24H29BrFNO2/c1-15(2)22(28)19-16(3)21(26)18(12-13-27-24(4,5)6)20(25)23(19)29-14-17-10-8-7-9-11-17/h7-11,27H,1,12-14H2,2-6H3. The maximum absolute atomic E-state index is 15.2. The second-order valence-corrected chi connectivity index (χ2v) is 9.04. The topological polar surface area (TPSA) is 38.3 Å². The van der Waals surface area contributed by atoms with Crippen molar-refractivity contribution >= 4 is 21.7 Å². The fourth-order valence-electron chi connectivity index (χ4n) is 2.98. The van der Waals surface area contributed by atoms with E-state index in [1.54, 1.807) is 13.8 Å². The average molecular weight is 462 g/mol. The third kappa shape index (κ3) is 6.00. The maximum Gasteiger partial charge on any atom is 0.192 e. The van der Waals surface area contributed by atoms with Crippen LogP contribution in [0.15, 0.2) is 47.0 Å². The zero-order chi connectivity index (χ0) is 21.8. The summed E-state index contributed by atoms with van der Waals surface area (Å²) in [6.07, 6.45) is 0.466. The molecule has 156 valence electrons. The lowest BCUT2D eigenvalue weighted by Gasteiger charge is -2.22. The first-order valence-electron chi connectivity index (χ1n) is 9.65. The van der Waals surface area contributed by atoms with Crippen molar-refractivity contribution in [3.8, 4) is 5.75 Å². The molecule has 5 heteroatoms. The van der Waals surface area contributed by atoms with Crippen molar-refractivity contribution in [2.45, 2.75) is 53.2 Å². The van der Waals surface area contributed by atoms with Crippen molar-refractivity contribution in [2.75, 3.05) is 6.54 Å². The van der Waals surface area contributed by atoms with Crippen LogP contribution in [0.25, 0.3) is 0 Å². The van der Waals surface area contributed by atoms with Crippen LogP contribution in [0.4, 0.5) is 4.39 Å². The highest BCUT2D eigenvalue weighted by molar-refractivity contribution is 9.10. The van der Waals surface area contributed by atoms with Crippen molar-refractivity contribution in [1.82, 2.24) is 5.32 Å². The highest BCUT2D eigenvalue weighted by Crippen LogP contribution is 2.39. The molecule has 0 unspecified atom stereocenters. The molecule has 0 spiro atoms.